The van der Waals surface area contributed by atoms with E-state index in [-0.39, 0.29) is 20.5 Å². The highest BCUT2D eigenvalue weighted by atomic mass is 32.2. The van der Waals surface area contributed by atoms with Crippen LogP contribution in [-0.4, -0.2) is 23.7 Å². The third-order valence-electron chi connectivity index (χ3n) is 3.55. The first-order valence-electron chi connectivity index (χ1n) is 7.63. The zero-order valence-corrected chi connectivity index (χ0v) is 16.3. The summed E-state index contributed by atoms with van der Waals surface area (Å²) in [5.41, 5.74) is 0.131. The molecule has 0 aromatic heterocycles. The summed E-state index contributed by atoms with van der Waals surface area (Å²) < 4.78 is 64.6. The highest BCUT2D eigenvalue weighted by Crippen LogP contribution is 2.32. The topological polar surface area (TPSA) is 66.5 Å². The van der Waals surface area contributed by atoms with Crippen molar-refractivity contribution in [3.63, 3.8) is 0 Å². The molecule has 28 heavy (non-hydrogen) atoms. The van der Waals surface area contributed by atoms with Gasteiger partial charge in [0.25, 0.3) is 5.91 Å². The number of thioether (sulfide) groups is 1. The van der Waals surface area contributed by atoms with Gasteiger partial charge in [-0.3, -0.25) is 4.79 Å². The fraction of sp³-hybridized carbons (Fsp3) is 0.0588. The fourth-order valence-electron chi connectivity index (χ4n) is 2.30. The summed E-state index contributed by atoms with van der Waals surface area (Å²) in [7, 11) is -3.96. The van der Waals surface area contributed by atoms with Crippen molar-refractivity contribution in [2.24, 2.45) is 0 Å². The van der Waals surface area contributed by atoms with Crippen LogP contribution in [0, 0.1) is 17.5 Å². The summed E-state index contributed by atoms with van der Waals surface area (Å²) in [6, 6.07) is 9.23. The van der Waals surface area contributed by atoms with E-state index in [0.717, 1.165) is 6.08 Å². The highest BCUT2D eigenvalue weighted by molar-refractivity contribution is 8.26. The van der Waals surface area contributed by atoms with Gasteiger partial charge in [-0.2, -0.15) is 0 Å². The number of nitrogens with zero attached hydrogens (tertiary/aromatic N) is 1. The monoisotopic (exact) mass is 444 g/mol. The molecule has 2 aromatic rings. The molecule has 0 radical (unpaired) electrons. The first-order chi connectivity index (χ1) is 13.2. The summed E-state index contributed by atoms with van der Waals surface area (Å²) in [5.74, 6) is -4.96. The van der Waals surface area contributed by atoms with Crippen LogP contribution in [0.15, 0.2) is 47.4 Å². The van der Waals surface area contributed by atoms with Gasteiger partial charge < -0.3 is 0 Å². The van der Waals surface area contributed by atoms with Gasteiger partial charge in [0, 0.05) is 11.6 Å². The smallest absolute Gasteiger partial charge is 0.267 e. The van der Waals surface area contributed by atoms with Crippen LogP contribution >= 0.6 is 24.0 Å². The van der Waals surface area contributed by atoms with Crippen LogP contribution in [0.4, 0.5) is 13.2 Å². The van der Waals surface area contributed by atoms with Gasteiger partial charge in [-0.15, -0.1) is 4.83 Å². The molecule has 1 saturated heterocycles. The molecule has 2 aromatic carbocycles. The number of sulfonamides is 1. The molecular weight excluding hydrogens is 433 g/mol. The minimum absolute atomic E-state index is 0.129. The normalized spacial score (nSPS) is 16.2. The van der Waals surface area contributed by atoms with Gasteiger partial charge in [-0.25, -0.2) is 26.6 Å². The third kappa shape index (κ3) is 4.61. The summed E-state index contributed by atoms with van der Waals surface area (Å²) >= 11 is 5.70. The molecule has 0 bridgehead atoms. The van der Waals surface area contributed by atoms with E-state index >= 15 is 0 Å². The van der Waals surface area contributed by atoms with Crippen LogP contribution in [0.3, 0.4) is 0 Å². The number of hydrogen-bond donors (Lipinski definition) is 1. The van der Waals surface area contributed by atoms with E-state index < -0.39 is 33.4 Å². The molecule has 146 valence electrons. The van der Waals surface area contributed by atoms with Crippen molar-refractivity contribution in [3.8, 4) is 0 Å². The maximum Gasteiger partial charge on any atom is 0.281 e. The molecule has 1 aliphatic heterocycles. The van der Waals surface area contributed by atoms with Crippen molar-refractivity contribution in [2.45, 2.75) is 5.75 Å². The van der Waals surface area contributed by atoms with Crippen LogP contribution in [-0.2, 0) is 20.6 Å². The zero-order valence-electron chi connectivity index (χ0n) is 13.9. The summed E-state index contributed by atoms with van der Waals surface area (Å²) in [6.45, 7) is 0. The van der Waals surface area contributed by atoms with E-state index in [1.807, 2.05) is 0 Å². The number of hydrogen-bond acceptors (Lipinski definition) is 5. The van der Waals surface area contributed by atoms with Gasteiger partial charge in [-0.1, -0.05) is 54.3 Å². The number of halogens is 3. The number of benzene rings is 2. The predicted molar refractivity (Wildman–Crippen MR) is 104 cm³/mol. The van der Waals surface area contributed by atoms with E-state index in [1.165, 1.54) is 0 Å². The Morgan fingerprint density at radius 1 is 1.07 bits per heavy atom. The van der Waals surface area contributed by atoms with Crippen LogP contribution in [0.25, 0.3) is 6.08 Å². The molecule has 1 aliphatic rings. The Morgan fingerprint density at radius 2 is 1.71 bits per heavy atom. The first-order valence-corrected chi connectivity index (χ1v) is 10.5. The molecule has 0 aliphatic carbocycles. The average Bonchev–Trinajstić information content (AvgIpc) is 2.87. The lowest BCUT2D eigenvalue weighted by Crippen LogP contribution is -2.45. The minimum Gasteiger partial charge on any atom is -0.267 e. The Bertz CT molecular complexity index is 1090. The van der Waals surface area contributed by atoms with Crippen LogP contribution in [0.5, 0.6) is 0 Å². The second-order valence-corrected chi connectivity index (χ2v) is 9.02. The second-order valence-electron chi connectivity index (χ2n) is 5.64. The molecule has 0 unspecified atom stereocenters. The van der Waals surface area contributed by atoms with Crippen LogP contribution in [0.2, 0.25) is 0 Å². The SMILES string of the molecule is O=C1/C(=C\c2cc(F)c(F)cc2F)SC(=S)N1NS(=O)(=O)Cc1ccccc1. The van der Waals surface area contributed by atoms with E-state index in [0.29, 0.717) is 34.5 Å². The fourth-order valence-corrected chi connectivity index (χ4v) is 4.74. The van der Waals surface area contributed by atoms with Gasteiger partial charge in [0.1, 0.15) is 5.82 Å². The first kappa shape index (κ1) is 20.5. The lowest BCUT2D eigenvalue weighted by Gasteiger charge is -2.15. The van der Waals surface area contributed by atoms with E-state index in [2.05, 4.69) is 4.83 Å². The number of amides is 1. The van der Waals surface area contributed by atoms with E-state index in [4.69, 9.17) is 12.2 Å². The summed E-state index contributed by atoms with van der Waals surface area (Å²) in [5, 5.41) is 0.641. The Balaban J connectivity index is 1.81. The van der Waals surface area contributed by atoms with Crippen molar-refractivity contribution in [2.75, 3.05) is 0 Å². The Labute approximate surface area is 168 Å². The Kier molecular flexibility index (Phi) is 5.89. The Hall–Kier alpha value is -2.21. The number of nitrogens with one attached hydrogen (secondary N) is 1. The maximum absolute atomic E-state index is 13.8. The van der Waals surface area contributed by atoms with Crippen molar-refractivity contribution >= 4 is 50.3 Å². The molecule has 5 nitrogen and oxygen atoms in total. The average molecular weight is 444 g/mol. The lowest BCUT2D eigenvalue weighted by molar-refractivity contribution is -0.123. The number of thiocarbonyl (C=S) groups is 1. The Morgan fingerprint density at radius 3 is 2.39 bits per heavy atom. The van der Waals surface area contributed by atoms with Crippen molar-refractivity contribution in [1.82, 2.24) is 9.84 Å². The molecule has 1 amide bonds. The van der Waals surface area contributed by atoms with E-state index in [1.54, 1.807) is 30.3 Å². The molecule has 3 rings (SSSR count). The summed E-state index contributed by atoms with van der Waals surface area (Å²) in [4.78, 5) is 14.4. The molecule has 11 heteroatoms. The van der Waals surface area contributed by atoms with Crippen molar-refractivity contribution in [1.29, 1.82) is 0 Å². The second kappa shape index (κ2) is 8.03. The molecule has 0 saturated carbocycles. The minimum atomic E-state index is -3.96. The van der Waals surface area contributed by atoms with Gasteiger partial charge in [0.05, 0.1) is 10.7 Å². The summed E-state index contributed by atoms with van der Waals surface area (Å²) in [6.07, 6.45) is 0.975. The molecule has 1 N–H and O–H groups in total. The van der Waals surface area contributed by atoms with Gasteiger partial charge >= 0.3 is 0 Å². The van der Waals surface area contributed by atoms with Crippen LogP contribution in [0.1, 0.15) is 11.1 Å². The van der Waals surface area contributed by atoms with Gasteiger partial charge in [-0.05, 0) is 17.7 Å². The number of rotatable bonds is 5. The molecule has 1 heterocycles. The van der Waals surface area contributed by atoms with Crippen LogP contribution < -0.4 is 4.83 Å². The number of carbonyl (C=O) groups is 1. The molecule has 0 atom stereocenters. The maximum atomic E-state index is 13.8. The zero-order chi connectivity index (χ0) is 20.5. The third-order valence-corrected chi connectivity index (χ3v) is 6.03. The number of hydrazine groups is 1. The van der Waals surface area contributed by atoms with Gasteiger partial charge in [0.2, 0.25) is 10.0 Å². The molecule has 1 fully saturated rings. The predicted octanol–water partition coefficient (Wildman–Crippen LogP) is 3.34. The standard InChI is InChI=1S/C17H11F3N2O3S3/c18-12-8-14(20)13(19)6-11(12)7-15-16(23)22(17(26)27-15)21-28(24,25)9-10-4-2-1-3-5-10/h1-8,21H,9H2/b15-7+. The van der Waals surface area contributed by atoms with Crippen molar-refractivity contribution < 1.29 is 26.4 Å². The van der Waals surface area contributed by atoms with Crippen molar-refractivity contribution in [3.05, 3.63) is 75.9 Å². The largest absolute Gasteiger partial charge is 0.281 e. The number of carbonyl (C=O) groups excluding carboxylic acids is 1. The highest BCUT2D eigenvalue weighted by Gasteiger charge is 2.35. The quantitative estimate of drug-likeness (QED) is 0.435. The van der Waals surface area contributed by atoms with E-state index in [9.17, 15) is 26.4 Å². The molecular formula is C17H11F3N2O3S3. The molecule has 0 spiro atoms. The van der Waals surface area contributed by atoms with Gasteiger partial charge in [0.15, 0.2) is 16.0 Å². The lowest BCUT2D eigenvalue weighted by atomic mass is 10.2.